The predicted molar refractivity (Wildman–Crippen MR) is 75.6 cm³/mol. The van der Waals surface area contributed by atoms with Crippen LogP contribution in [0, 0.1) is 13.8 Å². The first-order valence-electron chi connectivity index (χ1n) is 6.61. The molecule has 0 saturated carbocycles. The number of aryl methyl sites for hydroxylation is 2. The van der Waals surface area contributed by atoms with Crippen molar-refractivity contribution >= 4 is 5.91 Å². The maximum absolute atomic E-state index is 11.3. The van der Waals surface area contributed by atoms with Crippen LogP contribution in [0.5, 0.6) is 0 Å². The van der Waals surface area contributed by atoms with Crippen LogP contribution in [0.25, 0.3) is 0 Å². The standard InChI is InChI=1S/C15H24N2O/c1-5-16-15(18)8-9-17-13(4)14-7-6-11(2)12(3)10-14/h6-7,10,13,17H,5,8-9H2,1-4H3,(H,16,18). The van der Waals surface area contributed by atoms with Crippen LogP contribution < -0.4 is 10.6 Å². The monoisotopic (exact) mass is 248 g/mol. The lowest BCUT2D eigenvalue weighted by molar-refractivity contribution is -0.120. The average molecular weight is 248 g/mol. The number of rotatable bonds is 6. The molecule has 0 heterocycles. The van der Waals surface area contributed by atoms with E-state index in [0.29, 0.717) is 19.5 Å². The molecule has 1 rings (SSSR count). The van der Waals surface area contributed by atoms with E-state index in [-0.39, 0.29) is 11.9 Å². The number of carbonyl (C=O) groups excluding carboxylic acids is 1. The quantitative estimate of drug-likeness (QED) is 0.812. The maximum Gasteiger partial charge on any atom is 0.221 e. The Labute approximate surface area is 110 Å². The first-order valence-corrected chi connectivity index (χ1v) is 6.61. The summed E-state index contributed by atoms with van der Waals surface area (Å²) in [5.74, 6) is 0.109. The third-order valence-electron chi connectivity index (χ3n) is 3.21. The zero-order chi connectivity index (χ0) is 13.5. The molecular formula is C15H24N2O. The van der Waals surface area contributed by atoms with E-state index >= 15 is 0 Å². The summed E-state index contributed by atoms with van der Waals surface area (Å²) in [6.45, 7) is 9.71. The fourth-order valence-corrected chi connectivity index (χ4v) is 1.84. The van der Waals surface area contributed by atoms with E-state index in [1.807, 2.05) is 6.92 Å². The minimum Gasteiger partial charge on any atom is -0.356 e. The van der Waals surface area contributed by atoms with Crippen LogP contribution in [0.1, 0.15) is 43.0 Å². The Kier molecular flexibility index (Phi) is 5.86. The van der Waals surface area contributed by atoms with Crippen molar-refractivity contribution < 1.29 is 4.79 Å². The third kappa shape index (κ3) is 4.49. The third-order valence-corrected chi connectivity index (χ3v) is 3.21. The van der Waals surface area contributed by atoms with E-state index in [9.17, 15) is 4.79 Å². The molecule has 0 aliphatic heterocycles. The van der Waals surface area contributed by atoms with Crippen molar-refractivity contribution in [3.05, 3.63) is 34.9 Å². The van der Waals surface area contributed by atoms with Crippen LogP contribution in [-0.4, -0.2) is 19.0 Å². The number of benzene rings is 1. The van der Waals surface area contributed by atoms with Crippen molar-refractivity contribution in [1.82, 2.24) is 10.6 Å². The lowest BCUT2D eigenvalue weighted by Gasteiger charge is -2.15. The van der Waals surface area contributed by atoms with E-state index in [1.54, 1.807) is 0 Å². The highest BCUT2D eigenvalue weighted by atomic mass is 16.1. The molecule has 0 aliphatic rings. The maximum atomic E-state index is 11.3. The molecule has 2 N–H and O–H groups in total. The van der Waals surface area contributed by atoms with Gasteiger partial charge < -0.3 is 10.6 Å². The number of amides is 1. The van der Waals surface area contributed by atoms with Crippen molar-refractivity contribution in [3.63, 3.8) is 0 Å². The van der Waals surface area contributed by atoms with Gasteiger partial charge >= 0.3 is 0 Å². The molecule has 1 aromatic rings. The van der Waals surface area contributed by atoms with Crippen molar-refractivity contribution in [2.24, 2.45) is 0 Å². The van der Waals surface area contributed by atoms with Gasteiger partial charge in [-0.2, -0.15) is 0 Å². The van der Waals surface area contributed by atoms with Gasteiger partial charge in [0.05, 0.1) is 0 Å². The molecule has 0 fully saturated rings. The molecule has 0 aromatic heterocycles. The largest absolute Gasteiger partial charge is 0.356 e. The molecule has 0 radical (unpaired) electrons. The van der Waals surface area contributed by atoms with Crippen LogP contribution in [0.4, 0.5) is 0 Å². The number of hydrogen-bond acceptors (Lipinski definition) is 2. The lowest BCUT2D eigenvalue weighted by Crippen LogP contribution is -2.28. The number of hydrogen-bond donors (Lipinski definition) is 2. The molecular weight excluding hydrogens is 224 g/mol. The molecule has 1 aromatic carbocycles. The minimum atomic E-state index is 0.109. The molecule has 0 bridgehead atoms. The van der Waals surface area contributed by atoms with Gasteiger partial charge in [0.2, 0.25) is 5.91 Å². The summed E-state index contributed by atoms with van der Waals surface area (Å²) in [5, 5.41) is 6.17. The first-order chi connectivity index (χ1) is 8.54. The summed E-state index contributed by atoms with van der Waals surface area (Å²) in [6, 6.07) is 6.77. The van der Waals surface area contributed by atoms with Crippen LogP contribution >= 0.6 is 0 Å². The van der Waals surface area contributed by atoms with E-state index < -0.39 is 0 Å². The van der Waals surface area contributed by atoms with Gasteiger partial charge in [-0.15, -0.1) is 0 Å². The summed E-state index contributed by atoms with van der Waals surface area (Å²) < 4.78 is 0. The van der Waals surface area contributed by atoms with Crippen LogP contribution in [0.3, 0.4) is 0 Å². The highest BCUT2D eigenvalue weighted by Gasteiger charge is 2.06. The van der Waals surface area contributed by atoms with Gasteiger partial charge in [0, 0.05) is 25.6 Å². The van der Waals surface area contributed by atoms with Gasteiger partial charge in [-0.3, -0.25) is 4.79 Å². The van der Waals surface area contributed by atoms with Crippen molar-refractivity contribution in [1.29, 1.82) is 0 Å². The van der Waals surface area contributed by atoms with Crippen LogP contribution in [0.2, 0.25) is 0 Å². The number of carbonyl (C=O) groups is 1. The van der Waals surface area contributed by atoms with E-state index in [0.717, 1.165) is 0 Å². The Morgan fingerprint density at radius 2 is 2.00 bits per heavy atom. The zero-order valence-corrected chi connectivity index (χ0v) is 11.8. The highest BCUT2D eigenvalue weighted by Crippen LogP contribution is 2.16. The van der Waals surface area contributed by atoms with Crippen molar-refractivity contribution in [2.75, 3.05) is 13.1 Å². The molecule has 100 valence electrons. The smallest absolute Gasteiger partial charge is 0.221 e. The van der Waals surface area contributed by atoms with Gasteiger partial charge in [0.25, 0.3) is 0 Å². The second-order valence-corrected chi connectivity index (χ2v) is 4.72. The van der Waals surface area contributed by atoms with Crippen LogP contribution in [0.15, 0.2) is 18.2 Å². The molecule has 3 nitrogen and oxygen atoms in total. The SMILES string of the molecule is CCNC(=O)CCNC(C)c1ccc(C)c(C)c1. The minimum absolute atomic E-state index is 0.109. The summed E-state index contributed by atoms with van der Waals surface area (Å²) in [4.78, 5) is 11.3. The zero-order valence-electron chi connectivity index (χ0n) is 11.8. The Balaban J connectivity index is 2.43. The average Bonchev–Trinajstić information content (AvgIpc) is 2.33. The summed E-state index contributed by atoms with van der Waals surface area (Å²) in [7, 11) is 0. The topological polar surface area (TPSA) is 41.1 Å². The van der Waals surface area contributed by atoms with Gasteiger partial charge in [0.15, 0.2) is 0 Å². The summed E-state index contributed by atoms with van der Waals surface area (Å²) >= 11 is 0. The molecule has 1 unspecified atom stereocenters. The summed E-state index contributed by atoms with van der Waals surface area (Å²) in [5.41, 5.74) is 3.90. The van der Waals surface area contributed by atoms with E-state index in [2.05, 4.69) is 49.6 Å². The predicted octanol–water partition coefficient (Wildman–Crippen LogP) is 2.48. The van der Waals surface area contributed by atoms with Gasteiger partial charge in [-0.1, -0.05) is 18.2 Å². The lowest BCUT2D eigenvalue weighted by atomic mass is 10.0. The molecule has 0 saturated heterocycles. The Bertz CT molecular complexity index is 401. The molecule has 0 aliphatic carbocycles. The van der Waals surface area contributed by atoms with Gasteiger partial charge in [-0.25, -0.2) is 0 Å². The highest BCUT2D eigenvalue weighted by molar-refractivity contribution is 5.75. The molecule has 3 heteroatoms. The molecule has 18 heavy (non-hydrogen) atoms. The van der Waals surface area contributed by atoms with Gasteiger partial charge in [0.1, 0.15) is 0 Å². The number of nitrogens with one attached hydrogen (secondary N) is 2. The normalized spacial score (nSPS) is 12.2. The molecule has 1 amide bonds. The van der Waals surface area contributed by atoms with Crippen molar-refractivity contribution in [3.8, 4) is 0 Å². The molecule has 1 atom stereocenters. The molecule has 0 spiro atoms. The fourth-order valence-electron chi connectivity index (χ4n) is 1.84. The Morgan fingerprint density at radius 3 is 2.61 bits per heavy atom. The van der Waals surface area contributed by atoms with Crippen LogP contribution in [-0.2, 0) is 4.79 Å². The van der Waals surface area contributed by atoms with Gasteiger partial charge in [-0.05, 0) is 44.4 Å². The Hall–Kier alpha value is -1.35. The second kappa shape index (κ2) is 7.17. The van der Waals surface area contributed by atoms with E-state index in [4.69, 9.17) is 0 Å². The summed E-state index contributed by atoms with van der Waals surface area (Å²) in [6.07, 6.45) is 0.531. The second-order valence-electron chi connectivity index (χ2n) is 4.72. The van der Waals surface area contributed by atoms with Crippen molar-refractivity contribution in [2.45, 2.75) is 40.2 Å². The van der Waals surface area contributed by atoms with E-state index in [1.165, 1.54) is 16.7 Å². The fraction of sp³-hybridized carbons (Fsp3) is 0.533. The Morgan fingerprint density at radius 1 is 1.28 bits per heavy atom. The first kappa shape index (κ1) is 14.7.